The molecule has 2 rings (SSSR count). The molecule has 0 saturated carbocycles. The first kappa shape index (κ1) is 9.97. The number of carbonyl (C=O) groups is 1. The van der Waals surface area contributed by atoms with Crippen molar-refractivity contribution in [3.05, 3.63) is 41.5 Å². The molecule has 2 heteroatoms. The van der Waals surface area contributed by atoms with Gasteiger partial charge in [0.2, 0.25) is 0 Å². The van der Waals surface area contributed by atoms with Gasteiger partial charge in [-0.05, 0) is 42.5 Å². The van der Waals surface area contributed by atoms with Gasteiger partial charge in [-0.1, -0.05) is 18.2 Å². The summed E-state index contributed by atoms with van der Waals surface area (Å²) in [5.74, 6) is -0.276. The van der Waals surface area contributed by atoms with Crippen molar-refractivity contribution >= 4 is 11.5 Å². The summed E-state index contributed by atoms with van der Waals surface area (Å²) >= 11 is 0. The maximum Gasteiger partial charge on any atom is 0.337 e. The monoisotopic (exact) mass is 202 g/mol. The molecule has 0 radical (unpaired) electrons. The van der Waals surface area contributed by atoms with E-state index in [0.29, 0.717) is 5.56 Å². The van der Waals surface area contributed by atoms with Gasteiger partial charge in [0.15, 0.2) is 0 Å². The fraction of sp³-hybridized carbons (Fsp3) is 0.308. The molecule has 0 bridgehead atoms. The lowest BCUT2D eigenvalue weighted by Crippen LogP contribution is -2.00. The minimum absolute atomic E-state index is 0.276. The predicted molar refractivity (Wildman–Crippen MR) is 59.6 cm³/mol. The van der Waals surface area contributed by atoms with Gasteiger partial charge in [-0.25, -0.2) is 4.79 Å². The van der Waals surface area contributed by atoms with Crippen molar-refractivity contribution in [2.45, 2.75) is 19.3 Å². The fourth-order valence-electron chi connectivity index (χ4n) is 1.87. The molecular formula is C13H14O2. The second kappa shape index (κ2) is 4.30. The zero-order chi connectivity index (χ0) is 10.7. The van der Waals surface area contributed by atoms with Gasteiger partial charge < -0.3 is 4.74 Å². The zero-order valence-electron chi connectivity index (χ0n) is 8.82. The molecule has 0 saturated heterocycles. The molecule has 0 fully saturated rings. The third-order valence-corrected chi connectivity index (χ3v) is 2.72. The third kappa shape index (κ3) is 2.09. The van der Waals surface area contributed by atoms with E-state index in [1.54, 1.807) is 0 Å². The number of methoxy groups -OCH3 is 1. The molecule has 0 heterocycles. The Morgan fingerprint density at radius 3 is 2.53 bits per heavy atom. The van der Waals surface area contributed by atoms with Crippen LogP contribution in [0.4, 0.5) is 0 Å². The van der Waals surface area contributed by atoms with Crippen LogP contribution in [0.3, 0.4) is 0 Å². The van der Waals surface area contributed by atoms with Crippen LogP contribution >= 0.6 is 0 Å². The normalized spacial score (nSPS) is 14.9. The Bertz CT molecular complexity index is 388. The number of rotatable bonds is 2. The van der Waals surface area contributed by atoms with Gasteiger partial charge >= 0.3 is 5.97 Å². The average molecular weight is 202 g/mol. The second-order valence-corrected chi connectivity index (χ2v) is 3.69. The molecule has 1 aromatic rings. The van der Waals surface area contributed by atoms with Gasteiger partial charge in [-0.2, -0.15) is 0 Å². The highest BCUT2D eigenvalue weighted by Crippen LogP contribution is 2.27. The first-order chi connectivity index (χ1) is 7.31. The Labute approximate surface area is 89.6 Å². The zero-order valence-corrected chi connectivity index (χ0v) is 8.82. The smallest absolute Gasteiger partial charge is 0.337 e. The van der Waals surface area contributed by atoms with Gasteiger partial charge in [-0.15, -0.1) is 0 Å². The minimum Gasteiger partial charge on any atom is -0.465 e. The summed E-state index contributed by atoms with van der Waals surface area (Å²) < 4.78 is 4.65. The first-order valence-corrected chi connectivity index (χ1v) is 5.19. The summed E-state index contributed by atoms with van der Waals surface area (Å²) in [5.41, 5.74) is 3.23. The maximum atomic E-state index is 11.2. The van der Waals surface area contributed by atoms with E-state index in [2.05, 4.69) is 10.8 Å². The molecule has 1 aliphatic rings. The third-order valence-electron chi connectivity index (χ3n) is 2.72. The summed E-state index contributed by atoms with van der Waals surface area (Å²) in [6.45, 7) is 0. The van der Waals surface area contributed by atoms with Crippen LogP contribution in [-0.2, 0) is 4.74 Å². The van der Waals surface area contributed by atoms with Crippen molar-refractivity contribution < 1.29 is 9.53 Å². The van der Waals surface area contributed by atoms with Crippen LogP contribution < -0.4 is 0 Å². The highest BCUT2D eigenvalue weighted by Gasteiger charge is 2.08. The minimum atomic E-state index is -0.276. The highest BCUT2D eigenvalue weighted by atomic mass is 16.5. The largest absolute Gasteiger partial charge is 0.465 e. The SMILES string of the molecule is COC(=O)c1ccc(C2=CCCC2)cc1. The van der Waals surface area contributed by atoms with Gasteiger partial charge in [0.05, 0.1) is 12.7 Å². The number of allylic oxidation sites excluding steroid dienone is 2. The van der Waals surface area contributed by atoms with E-state index < -0.39 is 0 Å². The molecule has 0 amide bonds. The lowest BCUT2D eigenvalue weighted by Gasteiger charge is -2.03. The molecule has 1 aromatic carbocycles. The van der Waals surface area contributed by atoms with E-state index in [1.807, 2.05) is 24.3 Å². The van der Waals surface area contributed by atoms with Crippen molar-refractivity contribution in [3.8, 4) is 0 Å². The molecule has 2 nitrogen and oxygen atoms in total. The van der Waals surface area contributed by atoms with Crippen molar-refractivity contribution in [1.29, 1.82) is 0 Å². The van der Waals surface area contributed by atoms with Crippen LogP contribution in [0.2, 0.25) is 0 Å². The van der Waals surface area contributed by atoms with E-state index in [0.717, 1.165) is 6.42 Å². The van der Waals surface area contributed by atoms with E-state index in [1.165, 1.54) is 31.1 Å². The molecule has 15 heavy (non-hydrogen) atoms. The summed E-state index contributed by atoms with van der Waals surface area (Å²) in [7, 11) is 1.40. The van der Waals surface area contributed by atoms with E-state index in [-0.39, 0.29) is 5.97 Å². The Morgan fingerprint density at radius 2 is 2.00 bits per heavy atom. The van der Waals surface area contributed by atoms with Crippen LogP contribution in [0.5, 0.6) is 0 Å². The topological polar surface area (TPSA) is 26.3 Å². The summed E-state index contributed by atoms with van der Waals surface area (Å²) in [6, 6.07) is 7.62. The van der Waals surface area contributed by atoms with E-state index in [9.17, 15) is 4.79 Å². The number of hydrogen-bond acceptors (Lipinski definition) is 2. The highest BCUT2D eigenvalue weighted by molar-refractivity contribution is 5.89. The number of esters is 1. The van der Waals surface area contributed by atoms with Crippen LogP contribution in [0, 0.1) is 0 Å². The van der Waals surface area contributed by atoms with Crippen molar-refractivity contribution in [1.82, 2.24) is 0 Å². The summed E-state index contributed by atoms with van der Waals surface area (Å²) in [6.07, 6.45) is 5.84. The molecule has 1 aliphatic carbocycles. The lowest BCUT2D eigenvalue weighted by molar-refractivity contribution is 0.0601. The molecule has 0 aliphatic heterocycles. The standard InChI is InChI=1S/C13H14O2/c1-15-13(14)12-8-6-11(7-9-12)10-4-2-3-5-10/h4,6-9H,2-3,5H2,1H3. The molecule has 0 spiro atoms. The van der Waals surface area contributed by atoms with Crippen molar-refractivity contribution in [3.63, 3.8) is 0 Å². The molecule has 78 valence electrons. The number of hydrogen-bond donors (Lipinski definition) is 0. The predicted octanol–water partition coefficient (Wildman–Crippen LogP) is 3.04. The molecular weight excluding hydrogens is 188 g/mol. The van der Waals surface area contributed by atoms with Crippen LogP contribution in [0.25, 0.3) is 5.57 Å². The molecule has 0 atom stereocenters. The Balaban J connectivity index is 2.20. The van der Waals surface area contributed by atoms with Crippen molar-refractivity contribution in [2.24, 2.45) is 0 Å². The van der Waals surface area contributed by atoms with Gasteiger partial charge in [0.1, 0.15) is 0 Å². The quantitative estimate of drug-likeness (QED) is 0.689. The summed E-state index contributed by atoms with van der Waals surface area (Å²) in [5, 5.41) is 0. The van der Waals surface area contributed by atoms with E-state index in [4.69, 9.17) is 0 Å². The van der Waals surface area contributed by atoms with Gasteiger partial charge in [-0.3, -0.25) is 0 Å². The van der Waals surface area contributed by atoms with Crippen LogP contribution in [-0.4, -0.2) is 13.1 Å². The molecule has 0 unspecified atom stereocenters. The Kier molecular flexibility index (Phi) is 2.86. The number of ether oxygens (including phenoxy) is 1. The van der Waals surface area contributed by atoms with Crippen molar-refractivity contribution in [2.75, 3.05) is 7.11 Å². The second-order valence-electron chi connectivity index (χ2n) is 3.69. The number of carbonyl (C=O) groups excluding carboxylic acids is 1. The maximum absolute atomic E-state index is 11.2. The lowest BCUT2D eigenvalue weighted by atomic mass is 10.0. The van der Waals surface area contributed by atoms with Crippen LogP contribution in [0.1, 0.15) is 35.2 Å². The molecule has 0 N–H and O–H groups in total. The van der Waals surface area contributed by atoms with E-state index >= 15 is 0 Å². The Hall–Kier alpha value is -1.57. The average Bonchev–Trinajstić information content (AvgIpc) is 2.82. The molecule has 0 aromatic heterocycles. The van der Waals surface area contributed by atoms with Gasteiger partial charge in [0.25, 0.3) is 0 Å². The Morgan fingerprint density at radius 1 is 1.27 bits per heavy atom. The van der Waals surface area contributed by atoms with Crippen LogP contribution in [0.15, 0.2) is 30.3 Å². The van der Waals surface area contributed by atoms with Gasteiger partial charge in [0, 0.05) is 0 Å². The number of benzene rings is 1. The summed E-state index contributed by atoms with van der Waals surface area (Å²) in [4.78, 5) is 11.2. The fourth-order valence-corrected chi connectivity index (χ4v) is 1.87. The first-order valence-electron chi connectivity index (χ1n) is 5.19.